The SMILES string of the molecule is CCN(Cc1ccc(F)c(F)c1)S(=O)(=O)c1sccc1Br. The van der Waals surface area contributed by atoms with Crippen molar-refractivity contribution in [2.24, 2.45) is 0 Å². The Labute approximate surface area is 134 Å². The molecule has 0 amide bonds. The van der Waals surface area contributed by atoms with Crippen LogP contribution in [0.3, 0.4) is 0 Å². The summed E-state index contributed by atoms with van der Waals surface area (Å²) in [5.74, 6) is -1.94. The Morgan fingerprint density at radius 2 is 1.95 bits per heavy atom. The van der Waals surface area contributed by atoms with E-state index < -0.39 is 21.7 Å². The second-order valence-corrected chi connectivity index (χ2v) is 8.14. The van der Waals surface area contributed by atoms with Gasteiger partial charge in [0.2, 0.25) is 0 Å². The molecule has 2 rings (SSSR count). The van der Waals surface area contributed by atoms with Crippen LogP contribution in [0.2, 0.25) is 0 Å². The van der Waals surface area contributed by atoms with Gasteiger partial charge < -0.3 is 0 Å². The molecule has 0 N–H and O–H groups in total. The molecule has 1 heterocycles. The second-order valence-electron chi connectivity index (χ2n) is 4.24. The number of hydrogen-bond acceptors (Lipinski definition) is 3. The summed E-state index contributed by atoms with van der Waals surface area (Å²) in [5.41, 5.74) is 0.395. The lowest BCUT2D eigenvalue weighted by molar-refractivity contribution is 0.422. The number of hydrogen-bond donors (Lipinski definition) is 0. The minimum Gasteiger partial charge on any atom is -0.206 e. The lowest BCUT2D eigenvalue weighted by Gasteiger charge is -2.20. The fourth-order valence-corrected chi connectivity index (χ4v) is 5.68. The minimum atomic E-state index is -3.67. The number of sulfonamides is 1. The van der Waals surface area contributed by atoms with Gasteiger partial charge in [0.15, 0.2) is 11.6 Å². The van der Waals surface area contributed by atoms with Crippen LogP contribution in [-0.4, -0.2) is 19.3 Å². The molecule has 1 aromatic carbocycles. The third kappa shape index (κ3) is 3.50. The van der Waals surface area contributed by atoms with Crippen LogP contribution in [-0.2, 0) is 16.6 Å². The van der Waals surface area contributed by atoms with E-state index in [4.69, 9.17) is 0 Å². The van der Waals surface area contributed by atoms with Gasteiger partial charge in [-0.25, -0.2) is 17.2 Å². The van der Waals surface area contributed by atoms with Crippen molar-refractivity contribution in [3.63, 3.8) is 0 Å². The average Bonchev–Trinajstić information content (AvgIpc) is 2.86. The zero-order valence-electron chi connectivity index (χ0n) is 11.0. The van der Waals surface area contributed by atoms with Crippen LogP contribution in [0.5, 0.6) is 0 Å². The number of halogens is 3. The van der Waals surface area contributed by atoms with Gasteiger partial charge in [-0.3, -0.25) is 0 Å². The largest absolute Gasteiger partial charge is 0.253 e. The molecule has 0 spiro atoms. The quantitative estimate of drug-likeness (QED) is 0.766. The second kappa shape index (κ2) is 6.51. The molecule has 114 valence electrons. The smallest absolute Gasteiger partial charge is 0.206 e. The van der Waals surface area contributed by atoms with Crippen molar-refractivity contribution in [2.75, 3.05) is 6.54 Å². The van der Waals surface area contributed by atoms with Crippen molar-refractivity contribution in [1.29, 1.82) is 0 Å². The van der Waals surface area contributed by atoms with Crippen molar-refractivity contribution >= 4 is 37.3 Å². The number of rotatable bonds is 5. The molecule has 0 radical (unpaired) electrons. The highest BCUT2D eigenvalue weighted by molar-refractivity contribution is 9.10. The van der Waals surface area contributed by atoms with E-state index in [0.717, 1.165) is 23.5 Å². The molecule has 0 fully saturated rings. The van der Waals surface area contributed by atoms with Gasteiger partial charge in [0.1, 0.15) is 4.21 Å². The first kappa shape index (κ1) is 16.5. The summed E-state index contributed by atoms with van der Waals surface area (Å²) in [6.45, 7) is 1.91. The van der Waals surface area contributed by atoms with E-state index in [0.29, 0.717) is 10.0 Å². The maximum Gasteiger partial charge on any atom is 0.253 e. The summed E-state index contributed by atoms with van der Waals surface area (Å²) in [5, 5.41) is 1.67. The van der Waals surface area contributed by atoms with Gasteiger partial charge in [0, 0.05) is 17.6 Å². The van der Waals surface area contributed by atoms with Gasteiger partial charge >= 0.3 is 0 Å². The molecule has 0 unspecified atom stereocenters. The molecule has 0 saturated heterocycles. The molecule has 3 nitrogen and oxygen atoms in total. The van der Waals surface area contributed by atoms with Crippen LogP contribution in [0.25, 0.3) is 0 Å². The van der Waals surface area contributed by atoms with E-state index in [9.17, 15) is 17.2 Å². The Morgan fingerprint density at radius 3 is 2.48 bits per heavy atom. The Hall–Kier alpha value is -0.830. The molecular weight excluding hydrogens is 384 g/mol. The van der Waals surface area contributed by atoms with Gasteiger partial charge in [-0.2, -0.15) is 4.31 Å². The normalized spacial score (nSPS) is 12.0. The molecule has 0 aliphatic rings. The minimum absolute atomic E-state index is 0.0135. The van der Waals surface area contributed by atoms with Crippen molar-refractivity contribution in [3.8, 4) is 0 Å². The first-order valence-electron chi connectivity index (χ1n) is 6.03. The summed E-state index contributed by atoms with van der Waals surface area (Å²) in [7, 11) is -3.67. The molecule has 0 atom stereocenters. The van der Waals surface area contributed by atoms with Crippen molar-refractivity contribution in [2.45, 2.75) is 17.7 Å². The van der Waals surface area contributed by atoms with Gasteiger partial charge in [-0.15, -0.1) is 11.3 Å². The topological polar surface area (TPSA) is 37.4 Å². The molecule has 2 aromatic rings. The van der Waals surface area contributed by atoms with Gasteiger partial charge in [0.25, 0.3) is 10.0 Å². The lowest BCUT2D eigenvalue weighted by Crippen LogP contribution is -2.30. The molecule has 8 heteroatoms. The predicted molar refractivity (Wildman–Crippen MR) is 81.6 cm³/mol. The molecule has 0 aliphatic heterocycles. The summed E-state index contributed by atoms with van der Waals surface area (Å²) < 4.78 is 53.1. The number of benzene rings is 1. The maximum atomic E-state index is 13.2. The first-order chi connectivity index (χ1) is 9.86. The first-order valence-corrected chi connectivity index (χ1v) is 9.14. The zero-order valence-corrected chi connectivity index (χ0v) is 14.2. The van der Waals surface area contributed by atoms with Crippen molar-refractivity contribution in [1.82, 2.24) is 4.31 Å². The molecule has 0 saturated carbocycles. The monoisotopic (exact) mass is 395 g/mol. The van der Waals surface area contributed by atoms with E-state index in [1.54, 1.807) is 18.4 Å². The van der Waals surface area contributed by atoms with Gasteiger partial charge in [0.05, 0.1) is 0 Å². The molecular formula is C13H12BrF2NO2S2. The number of thiophene rings is 1. The summed E-state index contributed by atoms with van der Waals surface area (Å²) in [6.07, 6.45) is 0. The van der Waals surface area contributed by atoms with E-state index in [1.165, 1.54) is 10.4 Å². The molecule has 21 heavy (non-hydrogen) atoms. The van der Waals surface area contributed by atoms with E-state index in [1.807, 2.05) is 0 Å². The van der Waals surface area contributed by atoms with E-state index in [2.05, 4.69) is 15.9 Å². The third-order valence-electron chi connectivity index (χ3n) is 2.85. The summed E-state index contributed by atoms with van der Waals surface area (Å²) in [4.78, 5) is 0. The highest BCUT2D eigenvalue weighted by Gasteiger charge is 2.26. The molecule has 0 aliphatic carbocycles. The van der Waals surface area contributed by atoms with Crippen LogP contribution in [0.1, 0.15) is 12.5 Å². The van der Waals surface area contributed by atoms with Gasteiger partial charge in [-0.1, -0.05) is 13.0 Å². The fraction of sp³-hybridized carbons (Fsp3) is 0.231. The summed E-state index contributed by atoms with van der Waals surface area (Å²) in [6, 6.07) is 5.03. The summed E-state index contributed by atoms with van der Waals surface area (Å²) >= 11 is 4.31. The van der Waals surface area contributed by atoms with Crippen LogP contribution >= 0.6 is 27.3 Å². The number of nitrogens with zero attached hydrogens (tertiary/aromatic N) is 1. The highest BCUT2D eigenvalue weighted by atomic mass is 79.9. The van der Waals surface area contributed by atoms with Crippen molar-refractivity contribution < 1.29 is 17.2 Å². The van der Waals surface area contributed by atoms with E-state index >= 15 is 0 Å². The Kier molecular flexibility index (Phi) is 5.13. The van der Waals surface area contributed by atoms with Crippen molar-refractivity contribution in [3.05, 3.63) is 51.3 Å². The standard InChI is InChI=1S/C13H12BrF2NO2S2/c1-2-17(8-9-3-4-11(15)12(16)7-9)21(18,19)13-10(14)5-6-20-13/h3-7H,2,8H2,1H3. The zero-order chi connectivity index (χ0) is 15.6. The van der Waals surface area contributed by atoms with E-state index in [-0.39, 0.29) is 17.3 Å². The predicted octanol–water partition coefficient (Wildman–Crippen LogP) is 4.00. The lowest BCUT2D eigenvalue weighted by atomic mass is 10.2. The Balaban J connectivity index is 2.32. The highest BCUT2D eigenvalue weighted by Crippen LogP contribution is 2.31. The molecule has 0 bridgehead atoms. The Bertz CT molecular complexity index is 746. The van der Waals surface area contributed by atoms with Crippen LogP contribution in [0, 0.1) is 11.6 Å². The third-order valence-corrected chi connectivity index (χ3v) is 7.42. The Morgan fingerprint density at radius 1 is 1.24 bits per heavy atom. The molecule has 1 aromatic heterocycles. The van der Waals surface area contributed by atoms with Crippen LogP contribution in [0.4, 0.5) is 8.78 Å². The van der Waals surface area contributed by atoms with Crippen LogP contribution < -0.4 is 0 Å². The van der Waals surface area contributed by atoms with Crippen LogP contribution in [0.15, 0.2) is 38.3 Å². The fourth-order valence-electron chi connectivity index (χ4n) is 1.79. The average molecular weight is 396 g/mol. The van der Waals surface area contributed by atoms with Gasteiger partial charge in [-0.05, 0) is 45.1 Å². The maximum absolute atomic E-state index is 13.2.